The molecule has 0 unspecified atom stereocenters. The number of nitrogens with zero attached hydrogens (tertiary/aromatic N) is 1. The van der Waals surface area contributed by atoms with Crippen LogP contribution >= 0.6 is 15.9 Å². The number of hydrogen-bond donors (Lipinski definition) is 1. The van der Waals surface area contributed by atoms with Gasteiger partial charge in [-0.2, -0.15) is 0 Å². The second-order valence-corrected chi connectivity index (χ2v) is 6.72. The molecule has 0 fully saturated rings. The minimum Gasteiger partial charge on any atom is -0.469 e. The van der Waals surface area contributed by atoms with E-state index in [0.717, 1.165) is 6.07 Å². The number of hydrogen-bond acceptors (Lipinski definition) is 6. The number of sulfonamides is 1. The molecule has 116 valence electrons. The molecule has 0 amide bonds. The Morgan fingerprint density at radius 1 is 1.48 bits per heavy atom. The molecule has 0 saturated heterocycles. The molecule has 1 aromatic rings. The van der Waals surface area contributed by atoms with Crippen LogP contribution in [-0.2, 0) is 19.6 Å². The highest BCUT2D eigenvalue weighted by molar-refractivity contribution is 9.10. The van der Waals surface area contributed by atoms with E-state index in [1.807, 2.05) is 0 Å². The Morgan fingerprint density at radius 2 is 2.14 bits per heavy atom. The highest BCUT2D eigenvalue weighted by Gasteiger charge is 2.16. The van der Waals surface area contributed by atoms with E-state index < -0.39 is 20.9 Å². The fourth-order valence-corrected chi connectivity index (χ4v) is 3.04. The highest BCUT2D eigenvalue weighted by atomic mass is 79.9. The number of benzene rings is 1. The van der Waals surface area contributed by atoms with Crippen LogP contribution in [0.1, 0.15) is 12.8 Å². The number of anilines is 1. The van der Waals surface area contributed by atoms with Crippen LogP contribution in [0.5, 0.6) is 0 Å². The number of nitro benzene ring substituents is 1. The standard InChI is InChI=1S/C11H13BrN2O6S/c1-20-11(15)3-2-6-21(18,19)13-10-7-8(14(16)17)4-5-9(10)12/h4-5,7,13H,2-3,6H2,1H3. The van der Waals surface area contributed by atoms with Crippen LogP contribution in [0.2, 0.25) is 0 Å². The van der Waals surface area contributed by atoms with Gasteiger partial charge < -0.3 is 4.74 Å². The molecule has 0 atom stereocenters. The Labute approximate surface area is 129 Å². The number of nitrogens with one attached hydrogen (secondary N) is 1. The minimum atomic E-state index is -3.71. The van der Waals surface area contributed by atoms with E-state index in [9.17, 15) is 23.3 Å². The Kier molecular flexibility index (Phi) is 6.09. The molecule has 0 bridgehead atoms. The first kappa shape index (κ1) is 17.4. The molecule has 0 aliphatic carbocycles. The van der Waals surface area contributed by atoms with Crippen LogP contribution in [0.4, 0.5) is 11.4 Å². The second kappa shape index (κ2) is 7.36. The Hall–Kier alpha value is -1.68. The zero-order valence-corrected chi connectivity index (χ0v) is 13.4. The van der Waals surface area contributed by atoms with Crippen molar-refractivity contribution in [2.24, 2.45) is 0 Å². The van der Waals surface area contributed by atoms with E-state index in [-0.39, 0.29) is 30.0 Å². The normalized spacial score (nSPS) is 11.0. The maximum atomic E-state index is 11.8. The van der Waals surface area contributed by atoms with Gasteiger partial charge in [0.2, 0.25) is 10.0 Å². The predicted molar refractivity (Wildman–Crippen MR) is 79.5 cm³/mol. The van der Waals surface area contributed by atoms with E-state index in [1.54, 1.807) is 0 Å². The van der Waals surface area contributed by atoms with Gasteiger partial charge in [0.05, 0.1) is 23.5 Å². The van der Waals surface area contributed by atoms with Crippen LogP contribution in [0.25, 0.3) is 0 Å². The van der Waals surface area contributed by atoms with Crippen molar-refractivity contribution < 1.29 is 22.9 Å². The summed E-state index contributed by atoms with van der Waals surface area (Å²) in [6.07, 6.45) is 0.0715. The molecular formula is C11H13BrN2O6S. The number of non-ortho nitro benzene ring substituents is 1. The van der Waals surface area contributed by atoms with E-state index in [1.165, 1.54) is 19.2 Å². The van der Waals surface area contributed by atoms with Crippen molar-refractivity contribution in [1.29, 1.82) is 0 Å². The van der Waals surface area contributed by atoms with Crippen molar-refractivity contribution in [2.75, 3.05) is 17.6 Å². The SMILES string of the molecule is COC(=O)CCCS(=O)(=O)Nc1cc([N+](=O)[O-])ccc1Br. The molecule has 0 heterocycles. The van der Waals surface area contributed by atoms with Crippen LogP contribution in [0.15, 0.2) is 22.7 Å². The van der Waals surface area contributed by atoms with Gasteiger partial charge in [-0.15, -0.1) is 0 Å². The summed E-state index contributed by atoms with van der Waals surface area (Å²) in [5, 5.41) is 10.7. The molecule has 10 heteroatoms. The molecule has 0 aliphatic heterocycles. The number of ether oxygens (including phenoxy) is 1. The Morgan fingerprint density at radius 3 is 2.71 bits per heavy atom. The van der Waals surface area contributed by atoms with Crippen molar-refractivity contribution in [3.63, 3.8) is 0 Å². The van der Waals surface area contributed by atoms with Crippen molar-refractivity contribution >= 4 is 43.3 Å². The first-order valence-electron chi connectivity index (χ1n) is 5.76. The van der Waals surface area contributed by atoms with Gasteiger partial charge in [0.25, 0.3) is 5.69 Å². The van der Waals surface area contributed by atoms with Gasteiger partial charge in [0.1, 0.15) is 0 Å². The highest BCUT2D eigenvalue weighted by Crippen LogP contribution is 2.28. The Balaban J connectivity index is 2.77. The van der Waals surface area contributed by atoms with Crippen LogP contribution in [0.3, 0.4) is 0 Å². The number of carbonyl (C=O) groups is 1. The summed E-state index contributed by atoms with van der Waals surface area (Å²) in [5.74, 6) is -0.793. The fraction of sp³-hybridized carbons (Fsp3) is 0.364. The quantitative estimate of drug-likeness (QED) is 0.439. The van der Waals surface area contributed by atoms with E-state index in [4.69, 9.17) is 0 Å². The number of nitro groups is 1. The van der Waals surface area contributed by atoms with Gasteiger partial charge in [-0.05, 0) is 28.4 Å². The van der Waals surface area contributed by atoms with Crippen molar-refractivity contribution in [3.8, 4) is 0 Å². The second-order valence-electron chi connectivity index (χ2n) is 4.02. The van der Waals surface area contributed by atoms with Crippen LogP contribution in [0, 0.1) is 10.1 Å². The lowest BCUT2D eigenvalue weighted by molar-refractivity contribution is -0.384. The summed E-state index contributed by atoms with van der Waals surface area (Å²) >= 11 is 3.11. The molecule has 1 aromatic carbocycles. The lowest BCUT2D eigenvalue weighted by Crippen LogP contribution is -2.18. The first-order chi connectivity index (χ1) is 9.75. The molecule has 1 rings (SSSR count). The van der Waals surface area contributed by atoms with E-state index in [2.05, 4.69) is 25.4 Å². The monoisotopic (exact) mass is 380 g/mol. The summed E-state index contributed by atoms with van der Waals surface area (Å²) in [6, 6.07) is 3.74. The average Bonchev–Trinajstić information content (AvgIpc) is 2.40. The molecule has 8 nitrogen and oxygen atoms in total. The summed E-state index contributed by atoms with van der Waals surface area (Å²) in [6.45, 7) is 0. The topological polar surface area (TPSA) is 116 Å². The Bertz CT molecular complexity index is 646. The maximum absolute atomic E-state index is 11.8. The van der Waals surface area contributed by atoms with Crippen LogP contribution < -0.4 is 4.72 Å². The summed E-state index contributed by atoms with van der Waals surface area (Å²) in [7, 11) is -2.50. The molecule has 0 saturated carbocycles. The number of esters is 1. The zero-order valence-electron chi connectivity index (χ0n) is 11.0. The minimum absolute atomic E-state index is 0.0203. The summed E-state index contributed by atoms with van der Waals surface area (Å²) in [5.41, 5.74) is -0.160. The van der Waals surface area contributed by atoms with Gasteiger partial charge >= 0.3 is 5.97 Å². The van der Waals surface area contributed by atoms with Crippen molar-refractivity contribution in [1.82, 2.24) is 0 Å². The number of carbonyl (C=O) groups excluding carboxylic acids is 1. The van der Waals surface area contributed by atoms with Gasteiger partial charge in [0, 0.05) is 23.0 Å². The van der Waals surface area contributed by atoms with Crippen molar-refractivity contribution in [2.45, 2.75) is 12.8 Å². The molecule has 1 N–H and O–H groups in total. The third-order valence-electron chi connectivity index (χ3n) is 2.45. The lowest BCUT2D eigenvalue weighted by Gasteiger charge is -2.09. The average molecular weight is 381 g/mol. The lowest BCUT2D eigenvalue weighted by atomic mass is 10.3. The van der Waals surface area contributed by atoms with E-state index >= 15 is 0 Å². The summed E-state index contributed by atoms with van der Waals surface area (Å²) < 4.78 is 30.7. The van der Waals surface area contributed by atoms with Gasteiger partial charge in [-0.3, -0.25) is 19.6 Å². The smallest absolute Gasteiger partial charge is 0.305 e. The third kappa shape index (κ3) is 5.68. The number of halogens is 1. The molecule has 0 spiro atoms. The largest absolute Gasteiger partial charge is 0.469 e. The maximum Gasteiger partial charge on any atom is 0.305 e. The van der Waals surface area contributed by atoms with Gasteiger partial charge in [-0.1, -0.05) is 0 Å². The van der Waals surface area contributed by atoms with Gasteiger partial charge in [-0.25, -0.2) is 8.42 Å². The number of rotatable bonds is 7. The van der Waals surface area contributed by atoms with E-state index in [0.29, 0.717) is 4.47 Å². The molecular weight excluding hydrogens is 368 g/mol. The fourth-order valence-electron chi connectivity index (χ4n) is 1.43. The molecule has 0 aliphatic rings. The number of methoxy groups -OCH3 is 1. The predicted octanol–water partition coefficient (Wildman–Crippen LogP) is 2.05. The third-order valence-corrected chi connectivity index (χ3v) is 4.50. The molecule has 21 heavy (non-hydrogen) atoms. The summed E-state index contributed by atoms with van der Waals surface area (Å²) in [4.78, 5) is 21.0. The molecule has 0 aromatic heterocycles. The first-order valence-corrected chi connectivity index (χ1v) is 8.21. The zero-order chi connectivity index (χ0) is 16.0. The van der Waals surface area contributed by atoms with Gasteiger partial charge in [0.15, 0.2) is 0 Å². The molecule has 0 radical (unpaired) electrons. The van der Waals surface area contributed by atoms with Crippen LogP contribution in [-0.4, -0.2) is 32.2 Å². The van der Waals surface area contributed by atoms with Crippen molar-refractivity contribution in [3.05, 3.63) is 32.8 Å².